The van der Waals surface area contributed by atoms with Gasteiger partial charge in [-0.15, -0.1) is 0 Å². The molecule has 0 amide bonds. The van der Waals surface area contributed by atoms with E-state index in [1.165, 1.54) is 6.07 Å². The van der Waals surface area contributed by atoms with E-state index in [0.29, 0.717) is 11.6 Å². The zero-order valence-corrected chi connectivity index (χ0v) is 9.45. The third-order valence-electron chi connectivity index (χ3n) is 2.02. The van der Waals surface area contributed by atoms with Crippen LogP contribution in [0.2, 0.25) is 0 Å². The van der Waals surface area contributed by atoms with Crippen molar-refractivity contribution in [2.24, 2.45) is 5.84 Å². The number of nitrogens with one attached hydrogen (secondary N) is 1. The SMILES string of the molecule is Cc1nc(NN)cc(Oc2cc(F)cc(F)c2)n1. The standard InChI is InChI=1S/C11H10F2N4O/c1-6-15-10(17-14)5-11(16-6)18-9-3-7(12)2-8(13)4-9/h2-5H,14H2,1H3,(H,15,16,17). The molecule has 0 bridgehead atoms. The number of aromatic nitrogens is 2. The van der Waals surface area contributed by atoms with Gasteiger partial charge in [-0.3, -0.25) is 0 Å². The number of anilines is 1. The zero-order chi connectivity index (χ0) is 13.1. The van der Waals surface area contributed by atoms with Crippen LogP contribution in [0, 0.1) is 18.6 Å². The first kappa shape index (κ1) is 12.2. The summed E-state index contributed by atoms with van der Waals surface area (Å²) in [6, 6.07) is 4.27. The molecule has 0 spiro atoms. The summed E-state index contributed by atoms with van der Waals surface area (Å²) in [5.74, 6) is 4.66. The summed E-state index contributed by atoms with van der Waals surface area (Å²) in [6.45, 7) is 1.64. The summed E-state index contributed by atoms with van der Waals surface area (Å²) in [5, 5.41) is 0. The molecule has 1 aromatic carbocycles. The quantitative estimate of drug-likeness (QED) is 0.646. The molecule has 0 radical (unpaired) electrons. The van der Waals surface area contributed by atoms with Crippen LogP contribution in [0.1, 0.15) is 5.82 Å². The van der Waals surface area contributed by atoms with E-state index in [2.05, 4.69) is 15.4 Å². The van der Waals surface area contributed by atoms with Crippen molar-refractivity contribution in [1.82, 2.24) is 9.97 Å². The van der Waals surface area contributed by atoms with Crippen LogP contribution in [0.3, 0.4) is 0 Å². The Morgan fingerprint density at radius 2 is 1.78 bits per heavy atom. The normalized spacial score (nSPS) is 10.2. The van der Waals surface area contributed by atoms with E-state index in [1.807, 2.05) is 0 Å². The minimum atomic E-state index is -0.729. The fourth-order valence-electron chi connectivity index (χ4n) is 1.37. The number of nitrogens with zero attached hydrogens (tertiary/aromatic N) is 2. The minimum Gasteiger partial charge on any atom is -0.439 e. The number of rotatable bonds is 3. The molecule has 2 rings (SSSR count). The van der Waals surface area contributed by atoms with Gasteiger partial charge in [-0.2, -0.15) is 4.98 Å². The second-order valence-electron chi connectivity index (χ2n) is 3.49. The average Bonchev–Trinajstić information content (AvgIpc) is 2.26. The molecule has 7 heteroatoms. The number of aryl methyl sites for hydroxylation is 1. The Morgan fingerprint density at radius 3 is 2.39 bits per heavy atom. The van der Waals surface area contributed by atoms with Gasteiger partial charge in [0.1, 0.15) is 29.0 Å². The Morgan fingerprint density at radius 1 is 1.11 bits per heavy atom. The Kier molecular flexibility index (Phi) is 3.33. The van der Waals surface area contributed by atoms with Crippen LogP contribution in [0.15, 0.2) is 24.3 Å². The van der Waals surface area contributed by atoms with Gasteiger partial charge in [0.05, 0.1) is 0 Å². The Balaban J connectivity index is 2.30. The fourth-order valence-corrected chi connectivity index (χ4v) is 1.37. The molecule has 0 fully saturated rings. The van der Waals surface area contributed by atoms with Crippen molar-refractivity contribution in [3.05, 3.63) is 41.7 Å². The van der Waals surface area contributed by atoms with Crippen LogP contribution >= 0.6 is 0 Å². The van der Waals surface area contributed by atoms with Gasteiger partial charge in [0.25, 0.3) is 0 Å². The largest absolute Gasteiger partial charge is 0.439 e. The van der Waals surface area contributed by atoms with Crippen LogP contribution < -0.4 is 16.0 Å². The number of ether oxygens (including phenoxy) is 1. The maximum atomic E-state index is 13.0. The Labute approximate surface area is 102 Å². The molecule has 0 atom stereocenters. The van der Waals surface area contributed by atoms with Crippen LogP contribution in [0.5, 0.6) is 11.6 Å². The highest BCUT2D eigenvalue weighted by Crippen LogP contribution is 2.23. The summed E-state index contributed by atoms with van der Waals surface area (Å²) in [6.07, 6.45) is 0. The summed E-state index contributed by atoms with van der Waals surface area (Å²) < 4.78 is 31.2. The monoisotopic (exact) mass is 252 g/mol. The van der Waals surface area contributed by atoms with E-state index in [0.717, 1.165) is 18.2 Å². The third kappa shape index (κ3) is 2.89. The van der Waals surface area contributed by atoms with Crippen molar-refractivity contribution in [1.29, 1.82) is 0 Å². The molecule has 1 aromatic heterocycles. The van der Waals surface area contributed by atoms with Gasteiger partial charge >= 0.3 is 0 Å². The molecule has 0 saturated carbocycles. The van der Waals surface area contributed by atoms with Gasteiger partial charge in [0.2, 0.25) is 5.88 Å². The number of halogens is 2. The number of benzene rings is 1. The molecule has 0 aliphatic rings. The number of hydrogen-bond donors (Lipinski definition) is 2. The Bertz CT molecular complexity index is 557. The smallest absolute Gasteiger partial charge is 0.224 e. The number of nitrogens with two attached hydrogens (primary N) is 1. The predicted octanol–water partition coefficient (Wildman–Crippen LogP) is 2.14. The summed E-state index contributed by atoms with van der Waals surface area (Å²) in [5.41, 5.74) is 2.34. The maximum Gasteiger partial charge on any atom is 0.224 e. The lowest BCUT2D eigenvalue weighted by atomic mass is 10.3. The molecule has 3 N–H and O–H groups in total. The van der Waals surface area contributed by atoms with Crippen LogP contribution in [0.25, 0.3) is 0 Å². The highest BCUT2D eigenvalue weighted by Gasteiger charge is 2.06. The van der Waals surface area contributed by atoms with Crippen LogP contribution in [0.4, 0.5) is 14.6 Å². The van der Waals surface area contributed by atoms with Gasteiger partial charge < -0.3 is 10.2 Å². The lowest BCUT2D eigenvalue weighted by Crippen LogP contribution is -2.09. The van der Waals surface area contributed by atoms with Crippen LogP contribution in [-0.4, -0.2) is 9.97 Å². The fraction of sp³-hybridized carbons (Fsp3) is 0.0909. The summed E-state index contributed by atoms with van der Waals surface area (Å²) in [4.78, 5) is 7.92. The van der Waals surface area contributed by atoms with E-state index in [4.69, 9.17) is 10.6 Å². The van der Waals surface area contributed by atoms with Crippen molar-refractivity contribution in [3.63, 3.8) is 0 Å². The van der Waals surface area contributed by atoms with Gasteiger partial charge in [-0.05, 0) is 6.92 Å². The van der Waals surface area contributed by atoms with Gasteiger partial charge in [-0.25, -0.2) is 19.6 Å². The second kappa shape index (κ2) is 4.92. The summed E-state index contributed by atoms with van der Waals surface area (Å²) >= 11 is 0. The number of hydrazine groups is 1. The van der Waals surface area contributed by atoms with Crippen molar-refractivity contribution in [2.75, 3.05) is 5.43 Å². The topological polar surface area (TPSA) is 73.1 Å². The summed E-state index contributed by atoms with van der Waals surface area (Å²) in [7, 11) is 0. The number of nitrogen functional groups attached to an aromatic ring is 1. The molecular weight excluding hydrogens is 242 g/mol. The van der Waals surface area contributed by atoms with E-state index < -0.39 is 11.6 Å². The predicted molar refractivity (Wildman–Crippen MR) is 61.0 cm³/mol. The van der Waals surface area contributed by atoms with E-state index in [9.17, 15) is 8.78 Å². The molecule has 0 aliphatic heterocycles. The molecule has 1 heterocycles. The maximum absolute atomic E-state index is 13.0. The molecule has 0 saturated heterocycles. The third-order valence-corrected chi connectivity index (χ3v) is 2.02. The van der Waals surface area contributed by atoms with E-state index in [1.54, 1.807) is 6.92 Å². The van der Waals surface area contributed by atoms with Gasteiger partial charge in [0.15, 0.2) is 0 Å². The van der Waals surface area contributed by atoms with Gasteiger partial charge in [-0.1, -0.05) is 0 Å². The molecule has 94 valence electrons. The molecule has 5 nitrogen and oxygen atoms in total. The van der Waals surface area contributed by atoms with Crippen molar-refractivity contribution in [3.8, 4) is 11.6 Å². The highest BCUT2D eigenvalue weighted by molar-refractivity contribution is 5.38. The van der Waals surface area contributed by atoms with Gasteiger partial charge in [0, 0.05) is 24.3 Å². The van der Waals surface area contributed by atoms with Crippen molar-refractivity contribution >= 4 is 5.82 Å². The lowest BCUT2D eigenvalue weighted by molar-refractivity contribution is 0.449. The lowest BCUT2D eigenvalue weighted by Gasteiger charge is -2.07. The zero-order valence-electron chi connectivity index (χ0n) is 9.45. The molecule has 0 unspecified atom stereocenters. The van der Waals surface area contributed by atoms with Crippen molar-refractivity contribution < 1.29 is 13.5 Å². The van der Waals surface area contributed by atoms with Crippen molar-refractivity contribution in [2.45, 2.75) is 6.92 Å². The first-order valence-electron chi connectivity index (χ1n) is 5.03. The first-order chi connectivity index (χ1) is 8.56. The average molecular weight is 252 g/mol. The second-order valence-corrected chi connectivity index (χ2v) is 3.49. The van der Waals surface area contributed by atoms with Crippen LogP contribution in [-0.2, 0) is 0 Å². The van der Waals surface area contributed by atoms with E-state index >= 15 is 0 Å². The Hall–Kier alpha value is -2.28. The molecule has 18 heavy (non-hydrogen) atoms. The van der Waals surface area contributed by atoms with E-state index in [-0.39, 0.29) is 11.6 Å². The first-order valence-corrected chi connectivity index (χ1v) is 5.03. The number of hydrogen-bond acceptors (Lipinski definition) is 5. The highest BCUT2D eigenvalue weighted by atomic mass is 19.1. The minimum absolute atomic E-state index is 0.00794. The molecular formula is C11H10F2N4O. The molecule has 0 aliphatic carbocycles. The molecule has 2 aromatic rings.